The maximum atomic E-state index is 12.4. The number of nitrogens with zero attached hydrogens (tertiary/aromatic N) is 3. The summed E-state index contributed by atoms with van der Waals surface area (Å²) in [6, 6.07) is 6.89. The summed E-state index contributed by atoms with van der Waals surface area (Å²) in [5.41, 5.74) is 3.97. The van der Waals surface area contributed by atoms with Crippen molar-refractivity contribution in [3.8, 4) is 11.3 Å². The van der Waals surface area contributed by atoms with Crippen LogP contribution in [-0.4, -0.2) is 47.2 Å². The number of carbonyl (C=O) groups excluding carboxylic acids is 2. The van der Waals surface area contributed by atoms with Crippen LogP contribution in [0.25, 0.3) is 11.3 Å². The molecule has 0 aliphatic heterocycles. The van der Waals surface area contributed by atoms with Crippen molar-refractivity contribution in [2.24, 2.45) is 0 Å². The van der Waals surface area contributed by atoms with Gasteiger partial charge in [0, 0.05) is 30.6 Å². The van der Waals surface area contributed by atoms with Gasteiger partial charge in [0.1, 0.15) is 6.61 Å². The maximum Gasteiger partial charge on any atom is 0.338 e. The van der Waals surface area contributed by atoms with Crippen molar-refractivity contribution in [1.82, 2.24) is 15.0 Å². The van der Waals surface area contributed by atoms with Gasteiger partial charge in [-0.15, -0.1) is 0 Å². The molecule has 0 aliphatic carbocycles. The Morgan fingerprint density at radius 3 is 2.53 bits per heavy atom. The topological polar surface area (TPSA) is 103 Å². The number of anilines is 1. The van der Waals surface area contributed by atoms with Crippen molar-refractivity contribution in [2.45, 2.75) is 13.8 Å². The SMILES string of the molecule is COCCOC(=O)c1ccc(C)c(-c2cnc(NC(=O)c3ccncc3C)cn2)c1. The summed E-state index contributed by atoms with van der Waals surface area (Å²) in [6.07, 6.45) is 6.22. The molecule has 3 rings (SSSR count). The highest BCUT2D eigenvalue weighted by Gasteiger charge is 2.13. The predicted molar refractivity (Wildman–Crippen MR) is 111 cm³/mol. The highest BCUT2D eigenvalue weighted by atomic mass is 16.6. The number of carbonyl (C=O) groups is 2. The molecule has 0 bridgehead atoms. The van der Waals surface area contributed by atoms with E-state index in [1.54, 1.807) is 43.9 Å². The summed E-state index contributed by atoms with van der Waals surface area (Å²) in [5, 5.41) is 2.72. The molecule has 0 fully saturated rings. The van der Waals surface area contributed by atoms with E-state index in [1.165, 1.54) is 6.20 Å². The van der Waals surface area contributed by atoms with Crippen LogP contribution >= 0.6 is 0 Å². The maximum absolute atomic E-state index is 12.4. The molecule has 8 heteroatoms. The zero-order valence-corrected chi connectivity index (χ0v) is 17.0. The average Bonchev–Trinajstić information content (AvgIpc) is 2.75. The Bertz CT molecular complexity index is 1050. The summed E-state index contributed by atoms with van der Waals surface area (Å²) in [6.45, 7) is 4.25. The number of pyridine rings is 1. The van der Waals surface area contributed by atoms with Crippen molar-refractivity contribution in [1.29, 1.82) is 0 Å². The Labute approximate surface area is 174 Å². The molecule has 2 aromatic heterocycles. The molecule has 1 N–H and O–H groups in total. The van der Waals surface area contributed by atoms with Crippen LogP contribution in [0.1, 0.15) is 31.8 Å². The molecule has 30 heavy (non-hydrogen) atoms. The minimum Gasteiger partial charge on any atom is -0.460 e. The van der Waals surface area contributed by atoms with Gasteiger partial charge in [-0.25, -0.2) is 9.78 Å². The van der Waals surface area contributed by atoms with Gasteiger partial charge < -0.3 is 14.8 Å². The lowest BCUT2D eigenvalue weighted by Crippen LogP contribution is -2.14. The summed E-state index contributed by atoms with van der Waals surface area (Å²) < 4.78 is 10.0. The standard InChI is InChI=1S/C22H22N4O4/c1-14-4-5-16(22(28)30-9-8-29-3)10-18(14)19-12-25-20(13-24-19)26-21(27)17-6-7-23-11-15(17)2/h4-7,10-13H,8-9H2,1-3H3,(H,25,26,27). The molecule has 8 nitrogen and oxygen atoms in total. The van der Waals surface area contributed by atoms with Crippen molar-refractivity contribution in [3.05, 3.63) is 71.3 Å². The molecular weight excluding hydrogens is 384 g/mol. The number of rotatable bonds is 7. The van der Waals surface area contributed by atoms with E-state index in [9.17, 15) is 9.59 Å². The van der Waals surface area contributed by atoms with E-state index in [0.29, 0.717) is 29.2 Å². The van der Waals surface area contributed by atoms with Crippen LogP contribution in [0, 0.1) is 13.8 Å². The van der Waals surface area contributed by atoms with Gasteiger partial charge in [-0.1, -0.05) is 6.07 Å². The number of amides is 1. The van der Waals surface area contributed by atoms with Crippen molar-refractivity contribution in [3.63, 3.8) is 0 Å². The summed E-state index contributed by atoms with van der Waals surface area (Å²) >= 11 is 0. The van der Waals surface area contributed by atoms with Crippen molar-refractivity contribution >= 4 is 17.7 Å². The van der Waals surface area contributed by atoms with Crippen LogP contribution in [0.5, 0.6) is 0 Å². The first-order valence-corrected chi connectivity index (χ1v) is 9.30. The summed E-state index contributed by atoms with van der Waals surface area (Å²) in [5.74, 6) is -0.389. The molecule has 154 valence electrons. The zero-order valence-electron chi connectivity index (χ0n) is 17.0. The largest absolute Gasteiger partial charge is 0.460 e. The smallest absolute Gasteiger partial charge is 0.338 e. The van der Waals surface area contributed by atoms with Gasteiger partial charge in [-0.2, -0.15) is 0 Å². The lowest BCUT2D eigenvalue weighted by atomic mass is 10.0. The van der Waals surface area contributed by atoms with Crippen LogP contribution in [0.15, 0.2) is 49.1 Å². The average molecular weight is 406 g/mol. The normalized spacial score (nSPS) is 10.5. The van der Waals surface area contributed by atoms with E-state index in [2.05, 4.69) is 20.3 Å². The summed E-state index contributed by atoms with van der Waals surface area (Å²) in [4.78, 5) is 37.2. The van der Waals surface area contributed by atoms with Crippen LogP contribution in [0.2, 0.25) is 0 Å². The Balaban J connectivity index is 1.76. The number of benzene rings is 1. The van der Waals surface area contributed by atoms with E-state index >= 15 is 0 Å². The van der Waals surface area contributed by atoms with Gasteiger partial charge in [0.05, 0.1) is 30.3 Å². The molecule has 0 saturated carbocycles. The third-order valence-electron chi connectivity index (χ3n) is 4.43. The third-order valence-corrected chi connectivity index (χ3v) is 4.43. The second-order valence-corrected chi connectivity index (χ2v) is 6.59. The Morgan fingerprint density at radius 1 is 1.00 bits per heavy atom. The van der Waals surface area contributed by atoms with Crippen LogP contribution < -0.4 is 5.32 Å². The molecule has 0 atom stereocenters. The lowest BCUT2D eigenvalue weighted by Gasteiger charge is -2.10. The number of aryl methyl sites for hydroxylation is 2. The fourth-order valence-electron chi connectivity index (χ4n) is 2.77. The quantitative estimate of drug-likeness (QED) is 0.475. The highest BCUT2D eigenvalue weighted by molar-refractivity contribution is 6.04. The van der Waals surface area contributed by atoms with Crippen LogP contribution in [-0.2, 0) is 9.47 Å². The van der Waals surface area contributed by atoms with Gasteiger partial charge in [0.15, 0.2) is 5.82 Å². The van der Waals surface area contributed by atoms with E-state index in [0.717, 1.165) is 16.7 Å². The van der Waals surface area contributed by atoms with Gasteiger partial charge in [-0.05, 0) is 43.2 Å². The minimum atomic E-state index is -0.433. The van der Waals surface area contributed by atoms with E-state index in [-0.39, 0.29) is 12.5 Å². The summed E-state index contributed by atoms with van der Waals surface area (Å²) in [7, 11) is 1.54. The predicted octanol–water partition coefficient (Wildman–Crippen LogP) is 3.21. The van der Waals surface area contributed by atoms with Crippen molar-refractivity contribution < 1.29 is 19.1 Å². The Morgan fingerprint density at radius 2 is 1.83 bits per heavy atom. The van der Waals surface area contributed by atoms with E-state index < -0.39 is 5.97 Å². The first kappa shape index (κ1) is 21.1. The minimum absolute atomic E-state index is 0.184. The fraction of sp³-hybridized carbons (Fsp3) is 0.227. The number of ether oxygens (including phenoxy) is 2. The van der Waals surface area contributed by atoms with Gasteiger partial charge in [-0.3, -0.25) is 14.8 Å². The second kappa shape index (κ2) is 9.71. The van der Waals surface area contributed by atoms with Crippen molar-refractivity contribution in [2.75, 3.05) is 25.6 Å². The lowest BCUT2D eigenvalue weighted by molar-refractivity contribution is 0.0388. The van der Waals surface area contributed by atoms with Gasteiger partial charge >= 0.3 is 5.97 Å². The Hall–Kier alpha value is -3.65. The Kier molecular flexibility index (Phi) is 6.82. The monoisotopic (exact) mass is 406 g/mol. The molecule has 0 unspecified atom stereocenters. The number of hydrogen-bond donors (Lipinski definition) is 1. The molecule has 0 aliphatic rings. The second-order valence-electron chi connectivity index (χ2n) is 6.59. The number of esters is 1. The number of hydrogen-bond acceptors (Lipinski definition) is 7. The third kappa shape index (κ3) is 5.03. The molecule has 0 radical (unpaired) electrons. The first-order chi connectivity index (χ1) is 14.5. The van der Waals surface area contributed by atoms with E-state index in [1.807, 2.05) is 19.9 Å². The molecule has 3 aromatic rings. The number of nitrogens with one attached hydrogen (secondary N) is 1. The zero-order chi connectivity index (χ0) is 21.5. The van der Waals surface area contributed by atoms with Crippen LogP contribution in [0.4, 0.5) is 5.82 Å². The molecular formula is C22H22N4O4. The molecule has 2 heterocycles. The van der Waals surface area contributed by atoms with Crippen LogP contribution in [0.3, 0.4) is 0 Å². The molecule has 1 aromatic carbocycles. The molecule has 0 saturated heterocycles. The molecule has 0 spiro atoms. The first-order valence-electron chi connectivity index (χ1n) is 9.30. The fourth-order valence-corrected chi connectivity index (χ4v) is 2.77. The van der Waals surface area contributed by atoms with Gasteiger partial charge in [0.25, 0.3) is 5.91 Å². The highest BCUT2D eigenvalue weighted by Crippen LogP contribution is 2.23. The number of methoxy groups -OCH3 is 1. The number of aromatic nitrogens is 3. The van der Waals surface area contributed by atoms with E-state index in [4.69, 9.17) is 9.47 Å². The van der Waals surface area contributed by atoms with Gasteiger partial charge in [0.2, 0.25) is 0 Å². The molecule has 1 amide bonds.